The molecule has 0 aliphatic carbocycles. The van der Waals surface area contributed by atoms with Crippen molar-refractivity contribution in [3.05, 3.63) is 65.7 Å². The molecular weight excluding hydrogens is 218 g/mol. The third kappa shape index (κ3) is 3.44. The lowest BCUT2D eigenvalue weighted by Crippen LogP contribution is -1.86. The lowest BCUT2D eigenvalue weighted by Gasteiger charge is -1.97. The van der Waals surface area contributed by atoms with Crippen molar-refractivity contribution in [3.63, 3.8) is 0 Å². The number of hydrogen-bond acceptors (Lipinski definition) is 1. The van der Waals surface area contributed by atoms with E-state index in [1.165, 1.54) is 0 Å². The molecule has 0 saturated heterocycles. The van der Waals surface area contributed by atoms with Gasteiger partial charge in [0.25, 0.3) is 0 Å². The quantitative estimate of drug-likeness (QED) is 0.743. The monoisotopic (exact) mass is 231 g/mol. The predicted molar refractivity (Wildman–Crippen MR) is 76.2 cm³/mol. The summed E-state index contributed by atoms with van der Waals surface area (Å²) in [5.41, 5.74) is 3.03. The van der Waals surface area contributed by atoms with Crippen LogP contribution in [0.15, 0.2) is 54.6 Å². The summed E-state index contributed by atoms with van der Waals surface area (Å²) in [4.78, 5) is 0. The van der Waals surface area contributed by atoms with Crippen molar-refractivity contribution in [2.45, 2.75) is 0 Å². The van der Waals surface area contributed by atoms with Crippen molar-refractivity contribution in [1.82, 2.24) is 0 Å². The lowest BCUT2D eigenvalue weighted by atomic mass is 10.2. The molecule has 0 unspecified atom stereocenters. The van der Waals surface area contributed by atoms with E-state index < -0.39 is 0 Å². The number of anilines is 1. The van der Waals surface area contributed by atoms with Crippen LogP contribution in [0.1, 0.15) is 11.1 Å². The van der Waals surface area contributed by atoms with Crippen LogP contribution in [0.4, 0.5) is 5.69 Å². The molecule has 1 nitrogen and oxygen atoms in total. The molecule has 2 aromatic carbocycles. The van der Waals surface area contributed by atoms with Crippen molar-refractivity contribution >= 4 is 5.69 Å². The van der Waals surface area contributed by atoms with Gasteiger partial charge in [0.1, 0.15) is 0 Å². The second-order valence-corrected chi connectivity index (χ2v) is 3.69. The van der Waals surface area contributed by atoms with Gasteiger partial charge in [0.15, 0.2) is 0 Å². The molecule has 0 radical (unpaired) electrons. The molecule has 1 heteroatoms. The third-order valence-corrected chi connectivity index (χ3v) is 2.42. The molecule has 1 N–H and O–H groups in total. The largest absolute Gasteiger partial charge is 0.388 e. The summed E-state index contributed by atoms with van der Waals surface area (Å²) in [6.45, 7) is 0. The van der Waals surface area contributed by atoms with Gasteiger partial charge in [-0.3, -0.25) is 0 Å². The second-order valence-electron chi connectivity index (χ2n) is 3.69. The smallest absolute Gasteiger partial charge is 0.0338 e. The van der Waals surface area contributed by atoms with Crippen LogP contribution in [0.2, 0.25) is 0 Å². The maximum Gasteiger partial charge on any atom is 0.0338 e. The van der Waals surface area contributed by atoms with Crippen LogP contribution < -0.4 is 5.32 Å². The highest BCUT2D eigenvalue weighted by Gasteiger charge is 1.87. The topological polar surface area (TPSA) is 12.0 Å². The molecule has 0 aromatic heterocycles. The summed E-state index contributed by atoms with van der Waals surface area (Å²) < 4.78 is 0. The van der Waals surface area contributed by atoms with Crippen LogP contribution in [0.25, 0.3) is 0 Å². The second kappa shape index (κ2) is 6.18. The van der Waals surface area contributed by atoms with E-state index in [2.05, 4.69) is 29.0 Å². The summed E-state index contributed by atoms with van der Waals surface area (Å²) in [5.74, 6) is 11.7. The minimum atomic E-state index is 0.969. The maximum absolute atomic E-state index is 3.07. The SMILES string of the molecule is CNc1ccc(C#CC#Cc2ccccc2)cc1. The molecule has 0 aliphatic rings. The van der Waals surface area contributed by atoms with Crippen LogP contribution in [0, 0.1) is 23.7 Å². The van der Waals surface area contributed by atoms with Crippen LogP contribution >= 0.6 is 0 Å². The Kier molecular flexibility index (Phi) is 4.07. The first-order valence-electron chi connectivity index (χ1n) is 5.73. The van der Waals surface area contributed by atoms with Gasteiger partial charge in [-0.05, 0) is 48.2 Å². The van der Waals surface area contributed by atoms with Crippen LogP contribution in [0.5, 0.6) is 0 Å². The minimum Gasteiger partial charge on any atom is -0.388 e. The fourth-order valence-corrected chi connectivity index (χ4v) is 1.45. The van der Waals surface area contributed by atoms with Gasteiger partial charge in [0.2, 0.25) is 0 Å². The Balaban J connectivity index is 2.06. The number of benzene rings is 2. The first-order valence-corrected chi connectivity index (χ1v) is 5.73. The van der Waals surface area contributed by atoms with Crippen molar-refractivity contribution in [2.75, 3.05) is 12.4 Å². The van der Waals surface area contributed by atoms with Crippen LogP contribution in [-0.2, 0) is 0 Å². The zero-order valence-corrected chi connectivity index (χ0v) is 10.2. The van der Waals surface area contributed by atoms with Crippen molar-refractivity contribution in [2.24, 2.45) is 0 Å². The number of hydrogen-bond donors (Lipinski definition) is 1. The summed E-state index contributed by atoms with van der Waals surface area (Å²) >= 11 is 0. The van der Waals surface area contributed by atoms with Gasteiger partial charge in [-0.2, -0.15) is 0 Å². The average Bonchev–Trinajstić information content (AvgIpc) is 2.45. The van der Waals surface area contributed by atoms with E-state index in [1.54, 1.807) is 0 Å². The summed E-state index contributed by atoms with van der Waals surface area (Å²) in [6, 6.07) is 17.8. The molecule has 0 spiro atoms. The van der Waals surface area contributed by atoms with Gasteiger partial charge in [-0.1, -0.05) is 30.0 Å². The third-order valence-electron chi connectivity index (χ3n) is 2.42. The first-order chi connectivity index (χ1) is 8.88. The minimum absolute atomic E-state index is 0.969. The number of rotatable bonds is 1. The highest BCUT2D eigenvalue weighted by Crippen LogP contribution is 2.06. The van der Waals surface area contributed by atoms with E-state index >= 15 is 0 Å². The van der Waals surface area contributed by atoms with Gasteiger partial charge in [0, 0.05) is 23.9 Å². The zero-order chi connectivity index (χ0) is 12.6. The van der Waals surface area contributed by atoms with E-state index in [0.29, 0.717) is 0 Å². The highest BCUT2D eigenvalue weighted by molar-refractivity contribution is 5.49. The fourth-order valence-electron chi connectivity index (χ4n) is 1.45. The Morgan fingerprint density at radius 3 is 1.83 bits per heavy atom. The Morgan fingerprint density at radius 1 is 0.722 bits per heavy atom. The predicted octanol–water partition coefficient (Wildman–Crippen LogP) is 3.13. The molecular formula is C17H13N. The van der Waals surface area contributed by atoms with E-state index in [0.717, 1.165) is 16.8 Å². The van der Waals surface area contributed by atoms with Gasteiger partial charge in [0.05, 0.1) is 0 Å². The normalized spacial score (nSPS) is 8.50. The maximum atomic E-state index is 3.07. The van der Waals surface area contributed by atoms with Gasteiger partial charge >= 0.3 is 0 Å². The van der Waals surface area contributed by atoms with E-state index in [1.807, 2.05) is 61.6 Å². The molecule has 2 aromatic rings. The molecule has 2 rings (SSSR count). The van der Waals surface area contributed by atoms with Gasteiger partial charge in [-0.15, -0.1) is 0 Å². The van der Waals surface area contributed by atoms with Crippen molar-refractivity contribution < 1.29 is 0 Å². The summed E-state index contributed by atoms with van der Waals surface area (Å²) in [6.07, 6.45) is 0. The zero-order valence-electron chi connectivity index (χ0n) is 10.2. The fraction of sp³-hybridized carbons (Fsp3) is 0.0588. The highest BCUT2D eigenvalue weighted by atomic mass is 14.8. The Morgan fingerprint density at radius 2 is 1.28 bits per heavy atom. The standard InChI is InChI=1S/C17H13N/c1-18-17-13-11-16(12-14-17)10-6-5-9-15-7-3-2-4-8-15/h2-4,7-8,11-14,18H,1H3. The van der Waals surface area contributed by atoms with Gasteiger partial charge < -0.3 is 5.32 Å². The van der Waals surface area contributed by atoms with Crippen LogP contribution in [-0.4, -0.2) is 7.05 Å². The van der Waals surface area contributed by atoms with E-state index in [4.69, 9.17) is 0 Å². The molecule has 0 atom stereocenters. The number of nitrogens with one attached hydrogen (secondary N) is 1. The molecule has 0 fully saturated rings. The molecule has 0 bridgehead atoms. The lowest BCUT2D eigenvalue weighted by molar-refractivity contribution is 1.50. The van der Waals surface area contributed by atoms with E-state index in [9.17, 15) is 0 Å². The molecule has 86 valence electrons. The molecule has 18 heavy (non-hydrogen) atoms. The van der Waals surface area contributed by atoms with Crippen LogP contribution in [0.3, 0.4) is 0 Å². The molecule has 0 heterocycles. The van der Waals surface area contributed by atoms with Crippen molar-refractivity contribution in [3.8, 4) is 23.7 Å². The Labute approximate surface area is 108 Å². The Hall–Kier alpha value is -2.64. The summed E-state index contributed by atoms with van der Waals surface area (Å²) in [7, 11) is 1.89. The average molecular weight is 231 g/mol. The van der Waals surface area contributed by atoms with Crippen molar-refractivity contribution in [1.29, 1.82) is 0 Å². The first kappa shape index (κ1) is 11.8. The molecule has 0 aliphatic heterocycles. The summed E-state index contributed by atoms with van der Waals surface area (Å²) in [5, 5.41) is 3.07. The molecule has 0 saturated carbocycles. The van der Waals surface area contributed by atoms with Gasteiger partial charge in [-0.25, -0.2) is 0 Å². The Bertz CT molecular complexity index is 617. The molecule has 0 amide bonds. The van der Waals surface area contributed by atoms with E-state index in [-0.39, 0.29) is 0 Å².